The number of nitro benzene ring substituents is 1. The van der Waals surface area contributed by atoms with Gasteiger partial charge in [-0.25, -0.2) is 4.99 Å². The van der Waals surface area contributed by atoms with E-state index < -0.39 is 4.92 Å². The molecule has 0 amide bonds. The Balaban J connectivity index is 2.07. The van der Waals surface area contributed by atoms with Crippen LogP contribution in [0.5, 0.6) is 0 Å². The predicted octanol–water partition coefficient (Wildman–Crippen LogP) is 1.81. The normalized spacial score (nSPS) is 15.5. The molecule has 1 aliphatic rings. The molecule has 1 aromatic rings. The molecule has 0 spiro atoms. The third-order valence-corrected chi connectivity index (χ3v) is 2.96. The highest BCUT2D eigenvalue weighted by Crippen LogP contribution is 2.23. The van der Waals surface area contributed by atoms with Gasteiger partial charge in [0.05, 0.1) is 11.5 Å². The molecule has 1 fully saturated rings. The Morgan fingerprint density at radius 3 is 2.94 bits per heavy atom. The fraction of sp³-hybridized carbons (Fsp3) is 0.364. The zero-order valence-electron chi connectivity index (χ0n) is 9.60. The summed E-state index contributed by atoms with van der Waals surface area (Å²) in [6.45, 7) is 0.228. The lowest BCUT2D eigenvalue weighted by atomic mass is 10.2. The number of nitrogens with one attached hydrogen (secondary N) is 1. The maximum atomic E-state index is 10.6. The molecule has 0 aromatic heterocycles. The Labute approximate surface area is 109 Å². The molecule has 1 saturated carbocycles. The van der Waals surface area contributed by atoms with E-state index in [0.717, 1.165) is 12.8 Å². The summed E-state index contributed by atoms with van der Waals surface area (Å²) in [5.41, 5.74) is 6.26. The molecule has 0 bridgehead atoms. The Bertz CT molecular complexity index is 500. The summed E-state index contributed by atoms with van der Waals surface area (Å²) in [5.74, 6) is 0.347. The largest absolute Gasteiger partial charge is 0.370 e. The molecule has 96 valence electrons. The fourth-order valence-electron chi connectivity index (χ4n) is 1.45. The Morgan fingerprint density at radius 1 is 1.61 bits per heavy atom. The van der Waals surface area contributed by atoms with Gasteiger partial charge in [0, 0.05) is 23.2 Å². The maximum absolute atomic E-state index is 10.6. The van der Waals surface area contributed by atoms with Crippen LogP contribution in [-0.4, -0.2) is 16.9 Å². The van der Waals surface area contributed by atoms with Crippen LogP contribution >= 0.6 is 11.6 Å². The lowest BCUT2D eigenvalue weighted by Crippen LogP contribution is -2.33. The topological polar surface area (TPSA) is 93.5 Å². The monoisotopic (exact) mass is 268 g/mol. The van der Waals surface area contributed by atoms with Crippen molar-refractivity contribution in [1.82, 2.24) is 5.32 Å². The van der Waals surface area contributed by atoms with E-state index in [1.807, 2.05) is 0 Å². The molecule has 0 radical (unpaired) electrons. The molecular weight excluding hydrogens is 256 g/mol. The first-order valence-electron chi connectivity index (χ1n) is 5.55. The summed E-state index contributed by atoms with van der Waals surface area (Å²) < 4.78 is 0. The van der Waals surface area contributed by atoms with Crippen LogP contribution in [0.1, 0.15) is 18.4 Å². The Morgan fingerprint density at radius 2 is 2.33 bits per heavy atom. The van der Waals surface area contributed by atoms with Crippen LogP contribution < -0.4 is 11.1 Å². The van der Waals surface area contributed by atoms with Crippen molar-refractivity contribution in [2.75, 3.05) is 0 Å². The molecule has 18 heavy (non-hydrogen) atoms. The summed E-state index contributed by atoms with van der Waals surface area (Å²) in [7, 11) is 0. The second kappa shape index (κ2) is 5.22. The van der Waals surface area contributed by atoms with Crippen molar-refractivity contribution in [3.63, 3.8) is 0 Å². The van der Waals surface area contributed by atoms with Gasteiger partial charge in [0.1, 0.15) is 0 Å². The average Bonchev–Trinajstić information content (AvgIpc) is 3.11. The molecule has 7 heteroatoms. The van der Waals surface area contributed by atoms with Gasteiger partial charge < -0.3 is 11.1 Å². The van der Waals surface area contributed by atoms with Gasteiger partial charge in [-0.15, -0.1) is 0 Å². The molecule has 0 unspecified atom stereocenters. The number of nitrogens with two attached hydrogens (primary N) is 1. The van der Waals surface area contributed by atoms with E-state index >= 15 is 0 Å². The summed E-state index contributed by atoms with van der Waals surface area (Å²) >= 11 is 5.95. The highest BCUT2D eigenvalue weighted by Gasteiger charge is 2.21. The van der Waals surface area contributed by atoms with Crippen molar-refractivity contribution in [2.45, 2.75) is 25.4 Å². The zero-order chi connectivity index (χ0) is 13.1. The molecule has 2 rings (SSSR count). The quantitative estimate of drug-likeness (QED) is 0.377. The first-order valence-corrected chi connectivity index (χ1v) is 5.93. The van der Waals surface area contributed by atoms with Gasteiger partial charge in [0.15, 0.2) is 5.96 Å². The lowest BCUT2D eigenvalue weighted by Gasteiger charge is -2.04. The van der Waals surface area contributed by atoms with Crippen LogP contribution in [0.3, 0.4) is 0 Å². The second-order valence-corrected chi connectivity index (χ2v) is 4.56. The minimum Gasteiger partial charge on any atom is -0.370 e. The van der Waals surface area contributed by atoms with Crippen LogP contribution in [0.25, 0.3) is 0 Å². The van der Waals surface area contributed by atoms with E-state index in [1.165, 1.54) is 18.2 Å². The van der Waals surface area contributed by atoms with Crippen molar-refractivity contribution >= 4 is 23.2 Å². The van der Waals surface area contributed by atoms with E-state index in [0.29, 0.717) is 22.6 Å². The zero-order valence-corrected chi connectivity index (χ0v) is 10.4. The van der Waals surface area contributed by atoms with Crippen molar-refractivity contribution in [3.8, 4) is 0 Å². The number of hydrogen-bond donors (Lipinski definition) is 2. The maximum Gasteiger partial charge on any atom is 0.269 e. The number of hydrogen-bond acceptors (Lipinski definition) is 3. The third-order valence-electron chi connectivity index (χ3n) is 2.59. The summed E-state index contributed by atoms with van der Waals surface area (Å²) in [6, 6.07) is 4.70. The smallest absolute Gasteiger partial charge is 0.269 e. The number of nitro groups is 1. The molecule has 1 aliphatic carbocycles. The standard InChI is InChI=1S/C11H13ClN4O2/c12-10-4-3-9(16(17)18)5-7(10)6-14-11(13)15-8-1-2-8/h3-5,8H,1-2,6H2,(H3,13,14,15). The second-order valence-electron chi connectivity index (χ2n) is 4.15. The summed E-state index contributed by atoms with van der Waals surface area (Å²) in [6.07, 6.45) is 2.21. The third kappa shape index (κ3) is 3.33. The SMILES string of the molecule is NC(=NCc1cc([N+](=O)[O-])ccc1Cl)NC1CC1. The van der Waals surface area contributed by atoms with Crippen molar-refractivity contribution in [3.05, 3.63) is 38.9 Å². The molecule has 0 aliphatic heterocycles. The highest BCUT2D eigenvalue weighted by molar-refractivity contribution is 6.31. The summed E-state index contributed by atoms with van der Waals surface area (Å²) in [5, 5.41) is 14.1. The van der Waals surface area contributed by atoms with E-state index in [-0.39, 0.29) is 12.2 Å². The number of benzene rings is 1. The predicted molar refractivity (Wildman–Crippen MR) is 69.6 cm³/mol. The number of aliphatic imine (C=N–C) groups is 1. The van der Waals surface area contributed by atoms with E-state index in [1.54, 1.807) is 0 Å². The first-order chi connectivity index (χ1) is 8.56. The minimum absolute atomic E-state index is 0.00155. The van der Waals surface area contributed by atoms with Gasteiger partial charge in [-0.2, -0.15) is 0 Å². The summed E-state index contributed by atoms with van der Waals surface area (Å²) in [4.78, 5) is 14.3. The molecule has 1 aromatic carbocycles. The van der Waals surface area contributed by atoms with Crippen molar-refractivity contribution in [2.24, 2.45) is 10.7 Å². The van der Waals surface area contributed by atoms with Crippen molar-refractivity contribution < 1.29 is 4.92 Å². The van der Waals surface area contributed by atoms with E-state index in [9.17, 15) is 10.1 Å². The van der Waals surface area contributed by atoms with Crippen LogP contribution in [0.2, 0.25) is 5.02 Å². The highest BCUT2D eigenvalue weighted by atomic mass is 35.5. The van der Waals surface area contributed by atoms with Crippen LogP contribution in [-0.2, 0) is 6.54 Å². The molecule has 3 N–H and O–H groups in total. The van der Waals surface area contributed by atoms with Gasteiger partial charge in [-0.1, -0.05) is 11.6 Å². The fourth-order valence-corrected chi connectivity index (χ4v) is 1.63. The molecule has 6 nitrogen and oxygen atoms in total. The van der Waals surface area contributed by atoms with Crippen molar-refractivity contribution in [1.29, 1.82) is 0 Å². The number of rotatable bonds is 4. The molecular formula is C11H13ClN4O2. The van der Waals surface area contributed by atoms with Gasteiger partial charge in [0.25, 0.3) is 5.69 Å². The Kier molecular flexibility index (Phi) is 3.66. The van der Waals surface area contributed by atoms with Crippen LogP contribution in [0.4, 0.5) is 5.69 Å². The number of nitrogens with zero attached hydrogens (tertiary/aromatic N) is 2. The minimum atomic E-state index is -0.463. The number of halogens is 1. The van der Waals surface area contributed by atoms with Crippen LogP contribution in [0.15, 0.2) is 23.2 Å². The molecule has 0 heterocycles. The van der Waals surface area contributed by atoms with Crippen LogP contribution in [0, 0.1) is 10.1 Å². The lowest BCUT2D eigenvalue weighted by molar-refractivity contribution is -0.384. The van der Waals surface area contributed by atoms with Gasteiger partial charge in [0.2, 0.25) is 0 Å². The Hall–Kier alpha value is -1.82. The number of non-ortho nitro benzene ring substituents is 1. The van der Waals surface area contributed by atoms with Gasteiger partial charge >= 0.3 is 0 Å². The average molecular weight is 269 g/mol. The number of guanidine groups is 1. The van der Waals surface area contributed by atoms with Gasteiger partial charge in [-0.3, -0.25) is 10.1 Å². The first kappa shape index (κ1) is 12.6. The van der Waals surface area contributed by atoms with E-state index in [2.05, 4.69) is 10.3 Å². The molecule has 0 saturated heterocycles. The van der Waals surface area contributed by atoms with E-state index in [4.69, 9.17) is 17.3 Å². The van der Waals surface area contributed by atoms with Gasteiger partial charge in [-0.05, 0) is 24.5 Å². The molecule has 0 atom stereocenters.